The Morgan fingerprint density at radius 1 is 0.915 bits per heavy atom. The van der Waals surface area contributed by atoms with E-state index in [1.165, 1.54) is 24.3 Å². The van der Waals surface area contributed by atoms with Crippen LogP contribution < -0.4 is 4.74 Å². The number of ketones is 1. The van der Waals surface area contributed by atoms with Crippen LogP contribution in [0, 0.1) is 0 Å². The number of hydrogen-bond acceptors (Lipinski definition) is 8. The molecule has 0 bridgehead atoms. The van der Waals surface area contributed by atoms with E-state index in [9.17, 15) is 30.3 Å². The van der Waals surface area contributed by atoms with Gasteiger partial charge in [0.2, 0.25) is 0 Å². The molecule has 0 fully saturated rings. The predicted octanol–water partition coefficient (Wildman–Crippen LogP) is 8.84. The van der Waals surface area contributed by atoms with Crippen LogP contribution in [0.5, 0.6) is 34.5 Å². The molecule has 0 saturated carbocycles. The molecule has 0 radical (unpaired) electrons. The van der Waals surface area contributed by atoms with Gasteiger partial charge in [-0.2, -0.15) is 0 Å². The number of carbonyl (C=O) groups is 1. The van der Waals surface area contributed by atoms with E-state index < -0.39 is 23.2 Å². The molecule has 0 aliphatic carbocycles. The molecule has 5 N–H and O–H groups in total. The third-order valence-electron chi connectivity index (χ3n) is 9.19. The van der Waals surface area contributed by atoms with Gasteiger partial charge in [-0.05, 0) is 93.6 Å². The molecule has 8 heteroatoms. The largest absolute Gasteiger partial charge is 0.508 e. The molecule has 5 aromatic rings. The van der Waals surface area contributed by atoms with Crippen LogP contribution in [0.3, 0.4) is 0 Å². The zero-order valence-electron chi connectivity index (χ0n) is 26.7. The lowest BCUT2D eigenvalue weighted by Crippen LogP contribution is -2.33. The van der Waals surface area contributed by atoms with Crippen LogP contribution in [-0.2, 0) is 6.42 Å². The molecule has 4 aromatic carbocycles. The average molecular weight is 635 g/mol. The second kappa shape index (κ2) is 12.1. The van der Waals surface area contributed by atoms with Crippen LogP contribution in [0.2, 0.25) is 0 Å². The Labute approximate surface area is 272 Å². The van der Waals surface area contributed by atoms with Crippen molar-refractivity contribution in [2.45, 2.75) is 64.4 Å². The number of phenolic OH excluding ortho intramolecular Hbond substituents is 5. The van der Waals surface area contributed by atoms with Gasteiger partial charge < -0.3 is 34.7 Å². The zero-order chi connectivity index (χ0) is 33.6. The van der Waals surface area contributed by atoms with E-state index in [-0.39, 0.29) is 52.0 Å². The lowest BCUT2D eigenvalue weighted by molar-refractivity contribution is 0.0706. The normalized spacial score (nSPS) is 19.1. The summed E-state index contributed by atoms with van der Waals surface area (Å²) in [6, 6.07) is 19.1. The Kier molecular flexibility index (Phi) is 8.13. The summed E-state index contributed by atoms with van der Waals surface area (Å²) in [5.74, 6) is -2.21. The van der Waals surface area contributed by atoms with Crippen molar-refractivity contribution in [3.63, 3.8) is 0 Å². The van der Waals surface area contributed by atoms with Gasteiger partial charge in [-0.25, -0.2) is 0 Å². The predicted molar refractivity (Wildman–Crippen MR) is 180 cm³/mol. The Morgan fingerprint density at radius 3 is 2.38 bits per heavy atom. The smallest absolute Gasteiger partial charge is 0.174 e. The highest BCUT2D eigenvalue weighted by molar-refractivity contribution is 6.05. The lowest BCUT2D eigenvalue weighted by Gasteiger charge is -2.32. The molecule has 0 spiro atoms. The standard InChI is InChI=1S/C39H38O8/c1-5-39(4)20-29(27-14-13-25(40)18-30(27)42)35(38(45)28-8-6-7-22(37(28)44)10-9-21(2)3)36-31(43)15-24(17-34(36)47-39)32-16-23-11-12-26(41)19-33(23)46-32/h6-9,11-19,29,35,40-44H,5,10,20H2,1-4H3. The topological polar surface area (TPSA) is 141 Å². The van der Waals surface area contributed by atoms with E-state index in [0.29, 0.717) is 40.9 Å². The number of furan rings is 1. The van der Waals surface area contributed by atoms with Crippen LogP contribution in [0.25, 0.3) is 22.3 Å². The van der Waals surface area contributed by atoms with Gasteiger partial charge in [-0.1, -0.05) is 36.8 Å². The molecular formula is C39H38O8. The number of allylic oxidation sites excluding steroid dienone is 2. The number of Topliss-reactive ketones (excluding diaryl/α,β-unsaturated/α-hetero) is 1. The van der Waals surface area contributed by atoms with Crippen LogP contribution in [-0.4, -0.2) is 36.9 Å². The molecule has 3 unspecified atom stereocenters. The second-order valence-electron chi connectivity index (χ2n) is 12.8. The quantitative estimate of drug-likeness (QED) is 0.0883. The van der Waals surface area contributed by atoms with Gasteiger partial charge >= 0.3 is 0 Å². The molecule has 8 nitrogen and oxygen atoms in total. The second-order valence-corrected chi connectivity index (χ2v) is 12.8. The Morgan fingerprint density at radius 2 is 1.66 bits per heavy atom. The van der Waals surface area contributed by atoms with Gasteiger partial charge in [-0.15, -0.1) is 0 Å². The highest BCUT2D eigenvalue weighted by Gasteiger charge is 2.45. The van der Waals surface area contributed by atoms with Crippen molar-refractivity contribution in [1.82, 2.24) is 0 Å². The highest BCUT2D eigenvalue weighted by atomic mass is 16.5. The molecule has 1 aromatic heterocycles. The van der Waals surface area contributed by atoms with Crippen LogP contribution in [0.15, 0.2) is 88.9 Å². The third-order valence-corrected chi connectivity index (χ3v) is 9.19. The van der Waals surface area contributed by atoms with E-state index in [1.54, 1.807) is 48.5 Å². The first kappa shape index (κ1) is 31.6. The summed E-state index contributed by atoms with van der Waals surface area (Å²) in [6.45, 7) is 7.79. The zero-order valence-corrected chi connectivity index (χ0v) is 26.7. The number of hydrogen-bond donors (Lipinski definition) is 5. The van der Waals surface area contributed by atoms with E-state index in [0.717, 1.165) is 11.0 Å². The molecule has 1 aliphatic rings. The summed E-state index contributed by atoms with van der Waals surface area (Å²) in [4.78, 5) is 14.8. The molecule has 0 amide bonds. The Balaban J connectivity index is 1.58. The first-order chi connectivity index (χ1) is 22.4. The maximum absolute atomic E-state index is 14.8. The minimum atomic E-state index is -1.10. The monoisotopic (exact) mass is 634 g/mol. The van der Waals surface area contributed by atoms with Crippen molar-refractivity contribution in [1.29, 1.82) is 0 Å². The molecule has 6 rings (SSSR count). The molecule has 47 heavy (non-hydrogen) atoms. The Hall–Kier alpha value is -5.37. The summed E-state index contributed by atoms with van der Waals surface area (Å²) in [5, 5.41) is 55.1. The van der Waals surface area contributed by atoms with Gasteiger partial charge in [-0.3, -0.25) is 4.79 Å². The molecule has 0 saturated heterocycles. The van der Waals surface area contributed by atoms with E-state index in [4.69, 9.17) is 9.15 Å². The van der Waals surface area contributed by atoms with Crippen LogP contribution in [0.4, 0.5) is 0 Å². The van der Waals surface area contributed by atoms with Crippen molar-refractivity contribution in [2.24, 2.45) is 0 Å². The van der Waals surface area contributed by atoms with Crippen molar-refractivity contribution >= 4 is 16.8 Å². The summed E-state index contributed by atoms with van der Waals surface area (Å²) in [6.07, 6.45) is 3.19. The number of fused-ring (bicyclic) bond motifs is 2. The number of carbonyl (C=O) groups excluding carboxylic acids is 1. The fourth-order valence-corrected chi connectivity index (χ4v) is 6.51. The number of aromatic hydroxyl groups is 5. The number of phenols is 5. The molecule has 2 heterocycles. The summed E-state index contributed by atoms with van der Waals surface area (Å²) < 4.78 is 12.7. The van der Waals surface area contributed by atoms with E-state index in [2.05, 4.69) is 0 Å². The van der Waals surface area contributed by atoms with Gasteiger partial charge in [0.1, 0.15) is 51.4 Å². The van der Waals surface area contributed by atoms with Gasteiger partial charge in [0.05, 0.1) is 11.5 Å². The first-order valence-corrected chi connectivity index (χ1v) is 15.7. The van der Waals surface area contributed by atoms with Gasteiger partial charge in [0.15, 0.2) is 5.78 Å². The fraction of sp³-hybridized carbons (Fsp3) is 0.256. The number of ether oxygens (including phenoxy) is 1. The Bertz CT molecular complexity index is 2030. The SMILES string of the molecule is CCC1(C)CC(c2ccc(O)cc2O)C(C(=O)c2cccc(CC=C(C)C)c2O)c2c(O)cc(-c3cc4ccc(O)cc4o3)cc2O1. The van der Waals surface area contributed by atoms with Gasteiger partial charge in [0.25, 0.3) is 0 Å². The molecule has 1 aliphatic heterocycles. The summed E-state index contributed by atoms with van der Waals surface area (Å²) in [5.41, 5.74) is 2.47. The maximum Gasteiger partial charge on any atom is 0.174 e. The molecular weight excluding hydrogens is 596 g/mol. The van der Waals surface area contributed by atoms with Crippen molar-refractivity contribution in [3.8, 4) is 45.8 Å². The number of para-hydroxylation sites is 1. The van der Waals surface area contributed by atoms with Crippen molar-refractivity contribution < 1.29 is 39.5 Å². The summed E-state index contributed by atoms with van der Waals surface area (Å²) in [7, 11) is 0. The van der Waals surface area contributed by atoms with Crippen LogP contribution in [0.1, 0.15) is 79.4 Å². The minimum absolute atomic E-state index is 0.0586. The lowest BCUT2D eigenvalue weighted by atomic mass is 9.72. The molecule has 3 atom stereocenters. The minimum Gasteiger partial charge on any atom is -0.508 e. The van der Waals surface area contributed by atoms with Gasteiger partial charge in [0, 0.05) is 34.6 Å². The molecule has 242 valence electrons. The van der Waals surface area contributed by atoms with E-state index in [1.807, 2.05) is 33.8 Å². The third kappa shape index (κ3) is 5.99. The number of rotatable bonds is 7. The number of benzene rings is 4. The highest BCUT2D eigenvalue weighted by Crippen LogP contribution is 2.54. The van der Waals surface area contributed by atoms with Crippen molar-refractivity contribution in [3.05, 3.63) is 107 Å². The van der Waals surface area contributed by atoms with E-state index >= 15 is 0 Å². The average Bonchev–Trinajstić information content (AvgIpc) is 3.38. The first-order valence-electron chi connectivity index (χ1n) is 15.7. The van der Waals surface area contributed by atoms with Crippen LogP contribution >= 0.6 is 0 Å². The summed E-state index contributed by atoms with van der Waals surface area (Å²) >= 11 is 0. The van der Waals surface area contributed by atoms with Crippen molar-refractivity contribution in [2.75, 3.05) is 0 Å². The fourth-order valence-electron chi connectivity index (χ4n) is 6.51. The maximum atomic E-state index is 14.8.